The summed E-state index contributed by atoms with van der Waals surface area (Å²) >= 11 is 12.2. The Morgan fingerprint density at radius 2 is 2.21 bits per heavy atom. The van der Waals surface area contributed by atoms with Gasteiger partial charge in [0, 0.05) is 46.2 Å². The Morgan fingerprint density at radius 3 is 2.95 bits per heavy atom. The molecular weight excluding hydrogens is 279 g/mol. The summed E-state index contributed by atoms with van der Waals surface area (Å²) in [5.74, 6) is 0. The number of halogens is 2. The van der Waals surface area contributed by atoms with Crippen LogP contribution >= 0.6 is 23.2 Å². The number of hydrogen-bond acceptors (Lipinski definition) is 1. The van der Waals surface area contributed by atoms with Crippen molar-refractivity contribution in [1.82, 2.24) is 9.47 Å². The number of nitrogens with zero attached hydrogens (tertiary/aromatic N) is 2. The third kappa shape index (κ3) is 2.29. The molecule has 0 spiro atoms. The summed E-state index contributed by atoms with van der Waals surface area (Å²) in [6.07, 6.45) is 1.04. The number of aromatic nitrogens is 1. The third-order valence-corrected chi connectivity index (χ3v) is 4.09. The van der Waals surface area contributed by atoms with E-state index in [0.717, 1.165) is 24.5 Å². The van der Waals surface area contributed by atoms with Gasteiger partial charge >= 0.3 is 0 Å². The van der Waals surface area contributed by atoms with Crippen LogP contribution in [0, 0.1) is 0 Å². The molecule has 0 unspecified atom stereocenters. The van der Waals surface area contributed by atoms with Crippen molar-refractivity contribution in [3.63, 3.8) is 0 Å². The molecule has 0 bridgehead atoms. The average molecular weight is 295 g/mol. The van der Waals surface area contributed by atoms with Crippen LogP contribution in [-0.4, -0.2) is 23.1 Å². The molecule has 3 rings (SSSR count). The standard InChI is InChI=1S/C15H16Cl2N2/c1-10(16)8-19-14-4-3-11(17)7-12(14)13-9-18(2)6-5-15(13)19/h3-4,7H,1,5-6,8-9H2,2H3. The van der Waals surface area contributed by atoms with Crippen molar-refractivity contribution in [1.29, 1.82) is 0 Å². The molecule has 0 N–H and O–H groups in total. The van der Waals surface area contributed by atoms with Gasteiger partial charge in [0.25, 0.3) is 0 Å². The largest absolute Gasteiger partial charge is 0.339 e. The maximum Gasteiger partial charge on any atom is 0.0579 e. The van der Waals surface area contributed by atoms with E-state index < -0.39 is 0 Å². The molecule has 0 radical (unpaired) electrons. The summed E-state index contributed by atoms with van der Waals surface area (Å²) in [6, 6.07) is 6.07. The quantitative estimate of drug-likeness (QED) is 0.812. The first kappa shape index (κ1) is 13.0. The monoisotopic (exact) mass is 294 g/mol. The Morgan fingerprint density at radius 1 is 1.42 bits per heavy atom. The lowest BCUT2D eigenvalue weighted by molar-refractivity contribution is 0.310. The predicted molar refractivity (Wildman–Crippen MR) is 82.0 cm³/mol. The van der Waals surface area contributed by atoms with E-state index in [-0.39, 0.29) is 0 Å². The minimum absolute atomic E-state index is 0.661. The smallest absolute Gasteiger partial charge is 0.0579 e. The van der Waals surface area contributed by atoms with Crippen molar-refractivity contribution in [3.8, 4) is 0 Å². The molecule has 0 saturated heterocycles. The number of rotatable bonds is 2. The Bertz CT molecular complexity index is 658. The summed E-state index contributed by atoms with van der Waals surface area (Å²) in [6.45, 7) is 6.53. The number of benzene rings is 1. The summed E-state index contributed by atoms with van der Waals surface area (Å²) in [5, 5.41) is 2.69. The lowest BCUT2D eigenvalue weighted by atomic mass is 10.1. The highest BCUT2D eigenvalue weighted by Crippen LogP contribution is 2.33. The van der Waals surface area contributed by atoms with Crippen LogP contribution in [-0.2, 0) is 19.5 Å². The first-order chi connectivity index (χ1) is 9.06. The zero-order valence-corrected chi connectivity index (χ0v) is 12.4. The van der Waals surface area contributed by atoms with Crippen LogP contribution in [0.3, 0.4) is 0 Å². The van der Waals surface area contributed by atoms with E-state index in [1.165, 1.54) is 22.2 Å². The molecule has 2 aromatic rings. The molecule has 0 aliphatic carbocycles. The molecule has 1 aliphatic rings. The molecule has 2 heterocycles. The van der Waals surface area contributed by atoms with Crippen LogP contribution < -0.4 is 0 Å². The lowest BCUT2D eigenvalue weighted by Crippen LogP contribution is -2.27. The molecule has 0 atom stereocenters. The number of hydrogen-bond donors (Lipinski definition) is 0. The highest BCUT2D eigenvalue weighted by molar-refractivity contribution is 6.31. The molecule has 100 valence electrons. The van der Waals surface area contributed by atoms with Gasteiger partial charge in [-0.25, -0.2) is 0 Å². The van der Waals surface area contributed by atoms with Crippen LogP contribution in [0.4, 0.5) is 0 Å². The molecule has 0 fully saturated rings. The van der Waals surface area contributed by atoms with Crippen molar-refractivity contribution in [2.45, 2.75) is 19.5 Å². The number of likely N-dealkylation sites (N-methyl/N-ethyl adjacent to an activating group) is 1. The van der Waals surface area contributed by atoms with E-state index in [4.69, 9.17) is 23.2 Å². The van der Waals surface area contributed by atoms with Crippen molar-refractivity contribution in [3.05, 3.63) is 46.1 Å². The van der Waals surface area contributed by atoms with Gasteiger partial charge in [0.05, 0.1) is 6.54 Å². The van der Waals surface area contributed by atoms with Gasteiger partial charge in [0.2, 0.25) is 0 Å². The fourth-order valence-corrected chi connectivity index (χ4v) is 3.20. The zero-order valence-electron chi connectivity index (χ0n) is 10.9. The lowest BCUT2D eigenvalue weighted by Gasteiger charge is -2.24. The van der Waals surface area contributed by atoms with Crippen molar-refractivity contribution in [2.24, 2.45) is 0 Å². The van der Waals surface area contributed by atoms with Gasteiger partial charge in [0.15, 0.2) is 0 Å². The number of allylic oxidation sites excluding steroid dienone is 1. The normalized spacial score (nSPS) is 15.7. The first-order valence-electron chi connectivity index (χ1n) is 6.37. The van der Waals surface area contributed by atoms with Crippen LogP contribution in [0.15, 0.2) is 29.8 Å². The van der Waals surface area contributed by atoms with Gasteiger partial charge < -0.3 is 9.47 Å². The highest BCUT2D eigenvalue weighted by atomic mass is 35.5. The third-order valence-electron chi connectivity index (χ3n) is 3.74. The molecule has 1 aromatic heterocycles. The first-order valence-corrected chi connectivity index (χ1v) is 7.13. The SMILES string of the molecule is C=C(Cl)Cn1c2c(c3cc(Cl)ccc31)CN(C)CC2. The topological polar surface area (TPSA) is 8.17 Å². The second-order valence-corrected chi connectivity index (χ2v) is 6.15. The van der Waals surface area contributed by atoms with Crippen LogP contribution in [0.1, 0.15) is 11.3 Å². The molecule has 0 saturated carbocycles. The minimum atomic E-state index is 0.661. The van der Waals surface area contributed by atoms with Crippen molar-refractivity contribution < 1.29 is 0 Å². The minimum Gasteiger partial charge on any atom is -0.339 e. The Labute approximate surface area is 123 Å². The Balaban J connectivity index is 2.26. The zero-order chi connectivity index (χ0) is 13.6. The maximum atomic E-state index is 6.15. The fraction of sp³-hybridized carbons (Fsp3) is 0.333. The molecule has 1 aromatic carbocycles. The molecule has 0 amide bonds. The fourth-order valence-electron chi connectivity index (χ4n) is 2.91. The molecule has 1 aliphatic heterocycles. The van der Waals surface area contributed by atoms with Crippen LogP contribution in [0.25, 0.3) is 10.9 Å². The van der Waals surface area contributed by atoms with Gasteiger partial charge in [0.1, 0.15) is 0 Å². The van der Waals surface area contributed by atoms with E-state index in [1.807, 2.05) is 6.07 Å². The van der Waals surface area contributed by atoms with Crippen LogP contribution in [0.5, 0.6) is 0 Å². The summed E-state index contributed by atoms with van der Waals surface area (Å²) in [4.78, 5) is 2.34. The van der Waals surface area contributed by atoms with Crippen LogP contribution in [0.2, 0.25) is 5.02 Å². The van der Waals surface area contributed by atoms with Crippen molar-refractivity contribution in [2.75, 3.05) is 13.6 Å². The summed E-state index contributed by atoms with van der Waals surface area (Å²) in [5.41, 5.74) is 3.95. The summed E-state index contributed by atoms with van der Waals surface area (Å²) < 4.78 is 2.28. The van der Waals surface area contributed by atoms with Crippen molar-refractivity contribution >= 4 is 34.1 Å². The maximum absolute atomic E-state index is 6.15. The second-order valence-electron chi connectivity index (χ2n) is 5.18. The van der Waals surface area contributed by atoms with Gasteiger partial charge in [-0.3, -0.25) is 0 Å². The molecule has 2 nitrogen and oxygen atoms in total. The van der Waals surface area contributed by atoms with Gasteiger partial charge in [-0.15, -0.1) is 0 Å². The molecular formula is C15H16Cl2N2. The van der Waals surface area contributed by atoms with E-state index in [0.29, 0.717) is 11.6 Å². The highest BCUT2D eigenvalue weighted by Gasteiger charge is 2.22. The molecule has 19 heavy (non-hydrogen) atoms. The molecule has 4 heteroatoms. The average Bonchev–Trinajstić information content (AvgIpc) is 2.62. The second kappa shape index (κ2) is 4.86. The van der Waals surface area contributed by atoms with Gasteiger partial charge in [-0.1, -0.05) is 29.8 Å². The van der Waals surface area contributed by atoms with E-state index >= 15 is 0 Å². The van der Waals surface area contributed by atoms with Gasteiger partial charge in [-0.2, -0.15) is 0 Å². The van der Waals surface area contributed by atoms with E-state index in [2.05, 4.69) is 35.2 Å². The van der Waals surface area contributed by atoms with Gasteiger partial charge in [-0.05, 0) is 30.8 Å². The number of fused-ring (bicyclic) bond motifs is 3. The Hall–Kier alpha value is -0.960. The van der Waals surface area contributed by atoms with E-state index in [9.17, 15) is 0 Å². The summed E-state index contributed by atoms with van der Waals surface area (Å²) in [7, 11) is 2.15. The Kier molecular flexibility index (Phi) is 3.34. The van der Waals surface area contributed by atoms with E-state index in [1.54, 1.807) is 0 Å². The predicted octanol–water partition coefficient (Wildman–Crippen LogP) is 4.04.